The molecule has 0 spiro atoms. The molecule has 72 valence electrons. The predicted octanol–water partition coefficient (Wildman–Crippen LogP) is 3.41. The summed E-state index contributed by atoms with van der Waals surface area (Å²) in [5.41, 5.74) is 2.01. The van der Waals surface area contributed by atoms with Crippen molar-refractivity contribution in [3.8, 4) is 0 Å². The van der Waals surface area contributed by atoms with Gasteiger partial charge in [-0.25, -0.2) is 0 Å². The van der Waals surface area contributed by atoms with Crippen molar-refractivity contribution >= 4 is 5.78 Å². The molecule has 0 bridgehead atoms. The third-order valence-corrected chi connectivity index (χ3v) is 2.36. The fourth-order valence-corrected chi connectivity index (χ4v) is 1.66. The molecule has 13 heavy (non-hydrogen) atoms. The fourth-order valence-electron chi connectivity index (χ4n) is 1.66. The maximum absolute atomic E-state index is 11.6. The van der Waals surface area contributed by atoms with Crippen LogP contribution in [0.2, 0.25) is 0 Å². The second kappa shape index (κ2) is 5.00. The molecule has 0 aromatic carbocycles. The van der Waals surface area contributed by atoms with Crippen LogP contribution in [0.5, 0.6) is 0 Å². The zero-order valence-electron chi connectivity index (χ0n) is 8.44. The van der Waals surface area contributed by atoms with E-state index in [0.29, 0.717) is 6.42 Å². The summed E-state index contributed by atoms with van der Waals surface area (Å²) in [7, 11) is 0. The summed E-state index contributed by atoms with van der Waals surface area (Å²) in [5, 5.41) is 0. The molecule has 0 saturated carbocycles. The highest BCUT2D eigenvalue weighted by Gasteiger charge is 2.10. The summed E-state index contributed by atoms with van der Waals surface area (Å²) in [5.74, 6) is 0.286. The Morgan fingerprint density at radius 2 is 2.23 bits per heavy atom. The second-order valence-electron chi connectivity index (χ2n) is 3.89. The molecule has 1 nitrogen and oxygen atoms in total. The summed E-state index contributed by atoms with van der Waals surface area (Å²) in [6.45, 7) is 5.68. The van der Waals surface area contributed by atoms with Gasteiger partial charge in [-0.15, -0.1) is 0 Å². The van der Waals surface area contributed by atoms with Crippen LogP contribution in [0.15, 0.2) is 23.8 Å². The zero-order valence-corrected chi connectivity index (χ0v) is 8.44. The van der Waals surface area contributed by atoms with Crippen molar-refractivity contribution in [2.24, 2.45) is 0 Å². The molecule has 1 aliphatic rings. The Bertz CT molecular complexity index is 236. The molecule has 0 saturated heterocycles. The van der Waals surface area contributed by atoms with E-state index in [0.717, 1.165) is 24.0 Å². The summed E-state index contributed by atoms with van der Waals surface area (Å²) in [6.07, 6.45) is 8.39. The fraction of sp³-hybridized carbons (Fsp3) is 0.583. The SMILES string of the molecule is C=C(C)CC(=O)C1=CCCCCC1. The number of Topliss-reactive ketones (excluding diaryl/α,β-unsaturated/α-hetero) is 1. The van der Waals surface area contributed by atoms with Crippen LogP contribution in [-0.2, 0) is 4.79 Å². The lowest BCUT2D eigenvalue weighted by Gasteiger charge is -2.03. The van der Waals surface area contributed by atoms with Gasteiger partial charge in [0, 0.05) is 6.42 Å². The topological polar surface area (TPSA) is 17.1 Å². The largest absolute Gasteiger partial charge is 0.294 e. The van der Waals surface area contributed by atoms with Crippen molar-refractivity contribution in [3.05, 3.63) is 23.8 Å². The van der Waals surface area contributed by atoms with Crippen molar-refractivity contribution in [1.82, 2.24) is 0 Å². The van der Waals surface area contributed by atoms with Gasteiger partial charge in [-0.3, -0.25) is 4.79 Å². The highest BCUT2D eigenvalue weighted by atomic mass is 16.1. The third kappa shape index (κ3) is 3.58. The maximum Gasteiger partial charge on any atom is 0.162 e. The maximum atomic E-state index is 11.6. The van der Waals surface area contributed by atoms with Crippen LogP contribution in [-0.4, -0.2) is 5.78 Å². The van der Waals surface area contributed by atoms with Gasteiger partial charge in [0.25, 0.3) is 0 Å². The molecule has 0 N–H and O–H groups in total. The minimum Gasteiger partial charge on any atom is -0.294 e. The van der Waals surface area contributed by atoms with E-state index in [2.05, 4.69) is 12.7 Å². The first-order valence-corrected chi connectivity index (χ1v) is 5.07. The highest BCUT2D eigenvalue weighted by molar-refractivity contribution is 5.96. The van der Waals surface area contributed by atoms with Gasteiger partial charge in [0.05, 0.1) is 0 Å². The first-order valence-electron chi connectivity index (χ1n) is 5.07. The van der Waals surface area contributed by atoms with Crippen molar-refractivity contribution in [2.45, 2.75) is 45.4 Å². The van der Waals surface area contributed by atoms with Gasteiger partial charge in [-0.1, -0.05) is 24.6 Å². The first kappa shape index (κ1) is 10.2. The second-order valence-corrected chi connectivity index (χ2v) is 3.89. The molecule has 0 aliphatic heterocycles. The standard InChI is InChI=1S/C12H18O/c1-10(2)9-12(13)11-7-5-3-4-6-8-11/h7H,1,3-6,8-9H2,2H3. The minimum absolute atomic E-state index is 0.286. The van der Waals surface area contributed by atoms with Gasteiger partial charge in [-0.2, -0.15) is 0 Å². The van der Waals surface area contributed by atoms with Gasteiger partial charge < -0.3 is 0 Å². The molecule has 0 aromatic heterocycles. The Hall–Kier alpha value is -0.850. The van der Waals surface area contributed by atoms with Crippen molar-refractivity contribution < 1.29 is 4.79 Å². The summed E-state index contributed by atoms with van der Waals surface area (Å²) < 4.78 is 0. The van der Waals surface area contributed by atoms with Gasteiger partial charge in [0.2, 0.25) is 0 Å². The Labute approximate surface area is 80.5 Å². The van der Waals surface area contributed by atoms with Crippen LogP contribution in [0.1, 0.15) is 45.4 Å². The van der Waals surface area contributed by atoms with Crippen molar-refractivity contribution in [2.75, 3.05) is 0 Å². The number of ketones is 1. The van der Waals surface area contributed by atoms with E-state index in [-0.39, 0.29) is 5.78 Å². The molecule has 0 unspecified atom stereocenters. The number of hydrogen-bond donors (Lipinski definition) is 0. The van der Waals surface area contributed by atoms with Crippen LogP contribution in [0.4, 0.5) is 0 Å². The van der Waals surface area contributed by atoms with E-state index in [1.54, 1.807) is 0 Å². The lowest BCUT2D eigenvalue weighted by molar-refractivity contribution is -0.115. The highest BCUT2D eigenvalue weighted by Crippen LogP contribution is 2.19. The number of carbonyl (C=O) groups excluding carboxylic acids is 1. The van der Waals surface area contributed by atoms with Crippen LogP contribution in [0.3, 0.4) is 0 Å². The number of allylic oxidation sites excluding steroid dienone is 3. The van der Waals surface area contributed by atoms with E-state index in [4.69, 9.17) is 0 Å². The molecule has 0 aromatic rings. The Morgan fingerprint density at radius 3 is 2.92 bits per heavy atom. The molecule has 1 aliphatic carbocycles. The zero-order chi connectivity index (χ0) is 9.68. The van der Waals surface area contributed by atoms with Crippen LogP contribution < -0.4 is 0 Å². The Morgan fingerprint density at radius 1 is 1.46 bits per heavy atom. The summed E-state index contributed by atoms with van der Waals surface area (Å²) in [4.78, 5) is 11.6. The summed E-state index contributed by atoms with van der Waals surface area (Å²) in [6, 6.07) is 0. The normalized spacial score (nSPS) is 17.5. The molecule has 0 heterocycles. The smallest absolute Gasteiger partial charge is 0.162 e. The van der Waals surface area contributed by atoms with Gasteiger partial charge in [0.15, 0.2) is 5.78 Å². The Kier molecular flexibility index (Phi) is 3.94. The number of rotatable bonds is 3. The van der Waals surface area contributed by atoms with Gasteiger partial charge in [-0.05, 0) is 38.2 Å². The number of carbonyl (C=O) groups is 1. The Balaban J connectivity index is 2.53. The molecule has 0 radical (unpaired) electrons. The molecule has 1 rings (SSSR count). The molecule has 0 atom stereocenters. The van der Waals surface area contributed by atoms with Crippen LogP contribution in [0.25, 0.3) is 0 Å². The van der Waals surface area contributed by atoms with E-state index in [1.807, 2.05) is 6.92 Å². The van der Waals surface area contributed by atoms with Crippen molar-refractivity contribution in [3.63, 3.8) is 0 Å². The number of hydrogen-bond acceptors (Lipinski definition) is 1. The molecule has 1 heteroatoms. The van der Waals surface area contributed by atoms with Crippen molar-refractivity contribution in [1.29, 1.82) is 0 Å². The predicted molar refractivity (Wildman–Crippen MR) is 55.6 cm³/mol. The van der Waals surface area contributed by atoms with Crippen LogP contribution in [0, 0.1) is 0 Å². The van der Waals surface area contributed by atoms with E-state index in [1.165, 1.54) is 19.3 Å². The average Bonchev–Trinajstić information content (AvgIpc) is 2.29. The van der Waals surface area contributed by atoms with E-state index in [9.17, 15) is 4.79 Å². The molecular weight excluding hydrogens is 160 g/mol. The summed E-state index contributed by atoms with van der Waals surface area (Å²) >= 11 is 0. The third-order valence-electron chi connectivity index (χ3n) is 2.36. The monoisotopic (exact) mass is 178 g/mol. The minimum atomic E-state index is 0.286. The van der Waals surface area contributed by atoms with Crippen LogP contribution >= 0.6 is 0 Å². The average molecular weight is 178 g/mol. The van der Waals surface area contributed by atoms with Gasteiger partial charge in [0.1, 0.15) is 0 Å². The van der Waals surface area contributed by atoms with E-state index >= 15 is 0 Å². The lowest BCUT2D eigenvalue weighted by Crippen LogP contribution is -2.02. The van der Waals surface area contributed by atoms with Gasteiger partial charge >= 0.3 is 0 Å². The molecule has 0 fully saturated rings. The lowest BCUT2D eigenvalue weighted by atomic mass is 10.0. The quantitative estimate of drug-likeness (QED) is 0.605. The molecule has 0 amide bonds. The first-order chi connectivity index (χ1) is 6.20. The van der Waals surface area contributed by atoms with E-state index < -0.39 is 0 Å². The molecular formula is C12H18O.